The molecule has 2 aromatic carbocycles. The van der Waals surface area contributed by atoms with E-state index in [1.807, 2.05) is 6.07 Å². The second-order valence-electron chi connectivity index (χ2n) is 8.31. The third-order valence-corrected chi connectivity index (χ3v) is 7.18. The fourth-order valence-corrected chi connectivity index (χ4v) is 5.28. The number of likely N-dealkylation sites (tertiary alicyclic amines) is 1. The summed E-state index contributed by atoms with van der Waals surface area (Å²) in [5.41, 5.74) is 2.17. The molecule has 0 amide bonds. The number of nitrogens with zero attached hydrogens (tertiary/aromatic N) is 2. The van der Waals surface area contributed by atoms with Crippen molar-refractivity contribution in [2.75, 3.05) is 13.1 Å². The number of nitro benzene ring substituents is 1. The molecule has 0 saturated carbocycles. The topological polar surface area (TPSA) is 66.6 Å². The minimum atomic E-state index is -0.687. The van der Waals surface area contributed by atoms with Gasteiger partial charge in [0, 0.05) is 29.5 Å². The molecule has 4 rings (SSSR count). The lowest BCUT2D eigenvalue weighted by atomic mass is 9.88. The Hall–Kier alpha value is -2.54. The molecule has 162 valence electrons. The number of hydrogen-bond acceptors (Lipinski definition) is 5. The highest BCUT2D eigenvalue weighted by atomic mass is 32.1. The van der Waals surface area contributed by atoms with Crippen LogP contribution in [0.2, 0.25) is 0 Å². The lowest BCUT2D eigenvalue weighted by Gasteiger charge is -2.40. The van der Waals surface area contributed by atoms with Crippen molar-refractivity contribution in [3.05, 3.63) is 98.2 Å². The summed E-state index contributed by atoms with van der Waals surface area (Å²) < 4.78 is 0. The third kappa shape index (κ3) is 5.58. The number of piperidine rings is 1. The SMILES string of the molecule is O=[N+]([O-])c1ccc(C(O)[C@H](Cc2cccs2)N2CCC(Cc3ccccc3)CC2)cc1. The number of thiophene rings is 1. The van der Waals surface area contributed by atoms with Crippen LogP contribution in [0, 0.1) is 16.0 Å². The number of nitro groups is 1. The molecule has 2 heterocycles. The van der Waals surface area contributed by atoms with Crippen molar-refractivity contribution in [1.82, 2.24) is 4.90 Å². The number of benzene rings is 2. The zero-order valence-electron chi connectivity index (χ0n) is 17.5. The van der Waals surface area contributed by atoms with Crippen LogP contribution in [-0.2, 0) is 12.8 Å². The van der Waals surface area contributed by atoms with Gasteiger partial charge in [-0.3, -0.25) is 15.0 Å². The molecule has 1 N–H and O–H groups in total. The molecule has 5 nitrogen and oxygen atoms in total. The van der Waals surface area contributed by atoms with Crippen LogP contribution in [0.4, 0.5) is 5.69 Å². The molecule has 0 aliphatic carbocycles. The van der Waals surface area contributed by atoms with Gasteiger partial charge in [0.05, 0.1) is 11.0 Å². The molecule has 1 saturated heterocycles. The number of rotatable bonds is 8. The molecule has 1 fully saturated rings. The van der Waals surface area contributed by atoms with Gasteiger partial charge in [0.25, 0.3) is 5.69 Å². The number of non-ortho nitro benzene ring substituents is 1. The maximum absolute atomic E-state index is 11.3. The van der Waals surface area contributed by atoms with Crippen molar-refractivity contribution in [2.45, 2.75) is 37.8 Å². The molecule has 1 aliphatic rings. The molecule has 2 atom stereocenters. The van der Waals surface area contributed by atoms with Crippen molar-refractivity contribution >= 4 is 17.0 Å². The van der Waals surface area contributed by atoms with Gasteiger partial charge in [0.1, 0.15) is 0 Å². The number of aliphatic hydroxyl groups excluding tert-OH is 1. The van der Waals surface area contributed by atoms with Crippen LogP contribution in [0.5, 0.6) is 0 Å². The van der Waals surface area contributed by atoms with E-state index in [4.69, 9.17) is 0 Å². The van der Waals surface area contributed by atoms with E-state index in [0.717, 1.165) is 44.3 Å². The second-order valence-corrected chi connectivity index (χ2v) is 9.35. The molecular formula is C25H28N2O3S. The van der Waals surface area contributed by atoms with Crippen molar-refractivity contribution in [3.8, 4) is 0 Å². The molecule has 1 aromatic heterocycles. The molecule has 0 bridgehead atoms. The summed E-state index contributed by atoms with van der Waals surface area (Å²) in [5.74, 6) is 0.664. The Morgan fingerprint density at radius 2 is 1.74 bits per heavy atom. The predicted molar refractivity (Wildman–Crippen MR) is 124 cm³/mol. The Labute approximate surface area is 187 Å². The third-order valence-electron chi connectivity index (χ3n) is 6.29. The van der Waals surface area contributed by atoms with E-state index in [0.29, 0.717) is 5.92 Å². The lowest BCUT2D eigenvalue weighted by molar-refractivity contribution is -0.384. The zero-order valence-corrected chi connectivity index (χ0v) is 18.3. The van der Waals surface area contributed by atoms with Crippen LogP contribution in [-0.4, -0.2) is 34.1 Å². The van der Waals surface area contributed by atoms with Gasteiger partial charge in [-0.05, 0) is 73.0 Å². The van der Waals surface area contributed by atoms with E-state index in [1.165, 1.54) is 22.6 Å². The van der Waals surface area contributed by atoms with E-state index in [2.05, 4.69) is 46.7 Å². The van der Waals surface area contributed by atoms with Crippen LogP contribution in [0.25, 0.3) is 0 Å². The van der Waals surface area contributed by atoms with Gasteiger partial charge in [0.15, 0.2) is 0 Å². The quantitative estimate of drug-likeness (QED) is 0.387. The van der Waals surface area contributed by atoms with E-state index in [1.54, 1.807) is 23.5 Å². The second kappa shape index (κ2) is 10.2. The molecular weight excluding hydrogens is 408 g/mol. The highest BCUT2D eigenvalue weighted by molar-refractivity contribution is 7.09. The summed E-state index contributed by atoms with van der Waals surface area (Å²) in [5, 5.41) is 24.3. The summed E-state index contributed by atoms with van der Waals surface area (Å²) in [7, 11) is 0. The van der Waals surface area contributed by atoms with Crippen molar-refractivity contribution in [1.29, 1.82) is 0 Å². The van der Waals surface area contributed by atoms with Crippen LogP contribution in [0.15, 0.2) is 72.1 Å². The van der Waals surface area contributed by atoms with Crippen molar-refractivity contribution in [3.63, 3.8) is 0 Å². The minimum Gasteiger partial charge on any atom is -0.387 e. The monoisotopic (exact) mass is 436 g/mol. The predicted octanol–water partition coefficient (Wildman–Crippen LogP) is 5.26. The van der Waals surface area contributed by atoms with Gasteiger partial charge < -0.3 is 5.11 Å². The Kier molecular flexibility index (Phi) is 7.12. The number of aliphatic hydroxyl groups is 1. The van der Waals surface area contributed by atoms with Gasteiger partial charge in [-0.1, -0.05) is 36.4 Å². The molecule has 6 heteroatoms. The van der Waals surface area contributed by atoms with Crippen molar-refractivity contribution < 1.29 is 10.0 Å². The van der Waals surface area contributed by atoms with E-state index in [9.17, 15) is 15.2 Å². The summed E-state index contributed by atoms with van der Waals surface area (Å²) >= 11 is 1.71. The normalized spacial score (nSPS) is 17.3. The minimum absolute atomic E-state index is 0.0437. The Balaban J connectivity index is 1.45. The molecule has 0 spiro atoms. The smallest absolute Gasteiger partial charge is 0.269 e. The fourth-order valence-electron chi connectivity index (χ4n) is 4.53. The molecule has 1 unspecified atom stereocenters. The zero-order chi connectivity index (χ0) is 21.6. The fraction of sp³-hybridized carbons (Fsp3) is 0.360. The first-order valence-electron chi connectivity index (χ1n) is 10.8. The first-order valence-corrected chi connectivity index (χ1v) is 11.7. The van der Waals surface area contributed by atoms with Gasteiger partial charge in [-0.2, -0.15) is 0 Å². The lowest BCUT2D eigenvalue weighted by Crippen LogP contribution is -2.45. The van der Waals surface area contributed by atoms with Crippen LogP contribution in [0.1, 0.15) is 34.9 Å². The van der Waals surface area contributed by atoms with Gasteiger partial charge in [-0.25, -0.2) is 0 Å². The van der Waals surface area contributed by atoms with Crippen LogP contribution >= 0.6 is 11.3 Å². The van der Waals surface area contributed by atoms with E-state index < -0.39 is 11.0 Å². The standard InChI is InChI=1S/C25H28N2O3S/c28-25(21-8-10-22(11-9-21)27(29)30)24(18-23-7-4-16-31-23)26-14-12-20(13-15-26)17-19-5-2-1-3-6-19/h1-11,16,20,24-25,28H,12-15,17-18H2/t24-,25?/m0/s1. The first-order chi connectivity index (χ1) is 15.1. The summed E-state index contributed by atoms with van der Waals surface area (Å²) in [6.07, 6.45) is 3.42. The highest BCUT2D eigenvalue weighted by Gasteiger charge is 2.31. The summed E-state index contributed by atoms with van der Waals surface area (Å²) in [4.78, 5) is 14.2. The van der Waals surface area contributed by atoms with Gasteiger partial charge in [-0.15, -0.1) is 11.3 Å². The van der Waals surface area contributed by atoms with Crippen molar-refractivity contribution in [2.24, 2.45) is 5.92 Å². The van der Waals surface area contributed by atoms with E-state index >= 15 is 0 Å². The molecule has 1 aliphatic heterocycles. The Morgan fingerprint density at radius 1 is 1.03 bits per heavy atom. The highest BCUT2D eigenvalue weighted by Crippen LogP contribution is 2.31. The maximum atomic E-state index is 11.3. The largest absolute Gasteiger partial charge is 0.387 e. The van der Waals surface area contributed by atoms with Crippen LogP contribution in [0.3, 0.4) is 0 Å². The molecule has 31 heavy (non-hydrogen) atoms. The maximum Gasteiger partial charge on any atom is 0.269 e. The summed E-state index contributed by atoms with van der Waals surface area (Å²) in [6, 6.07) is 21.1. The Morgan fingerprint density at radius 3 is 2.35 bits per heavy atom. The van der Waals surface area contributed by atoms with E-state index in [-0.39, 0.29) is 11.7 Å². The molecule has 0 radical (unpaired) electrons. The number of hydrogen-bond donors (Lipinski definition) is 1. The van der Waals surface area contributed by atoms with Gasteiger partial charge in [0.2, 0.25) is 0 Å². The molecule has 3 aromatic rings. The average molecular weight is 437 g/mol. The average Bonchev–Trinajstić information content (AvgIpc) is 3.32. The first kappa shape index (κ1) is 21.7. The van der Waals surface area contributed by atoms with Crippen LogP contribution < -0.4 is 0 Å². The van der Waals surface area contributed by atoms with Gasteiger partial charge >= 0.3 is 0 Å². The Bertz CT molecular complexity index is 952. The summed E-state index contributed by atoms with van der Waals surface area (Å²) in [6.45, 7) is 1.91.